The maximum absolute atomic E-state index is 13.0. The summed E-state index contributed by atoms with van der Waals surface area (Å²) in [6.45, 7) is 1.20. The number of benzene rings is 2. The zero-order valence-electron chi connectivity index (χ0n) is 10.8. The quantitative estimate of drug-likeness (QED) is 0.487. The third-order valence-corrected chi connectivity index (χ3v) is 2.62. The van der Waals surface area contributed by atoms with Crippen LogP contribution in [0.2, 0.25) is 0 Å². The molecule has 0 aromatic heterocycles. The number of Topliss-reactive ketones (excluding diaryl/α,β-unsaturated/α-hetero) is 1. The van der Waals surface area contributed by atoms with Crippen LogP contribution in [-0.2, 0) is 0 Å². The summed E-state index contributed by atoms with van der Waals surface area (Å²) in [4.78, 5) is 21.5. The Morgan fingerprint density at radius 1 is 1.10 bits per heavy atom. The lowest BCUT2D eigenvalue weighted by Gasteiger charge is -2.07. The van der Waals surface area contributed by atoms with E-state index in [0.717, 1.165) is 18.2 Å². The molecule has 0 spiro atoms. The zero-order valence-corrected chi connectivity index (χ0v) is 10.8. The molecule has 0 heterocycles. The number of carbonyl (C=O) groups is 1. The molecule has 2 aromatic rings. The van der Waals surface area contributed by atoms with Crippen molar-refractivity contribution in [1.82, 2.24) is 0 Å². The summed E-state index contributed by atoms with van der Waals surface area (Å²) < 4.78 is 31.2. The highest BCUT2D eigenvalue weighted by Gasteiger charge is 2.18. The molecule has 0 aliphatic rings. The fraction of sp³-hybridized carbons (Fsp3) is 0.0714. The fourth-order valence-electron chi connectivity index (χ4n) is 1.75. The maximum Gasteiger partial charge on any atom is 0.283 e. The van der Waals surface area contributed by atoms with E-state index in [-0.39, 0.29) is 17.1 Å². The second-order valence-corrected chi connectivity index (χ2v) is 4.20. The van der Waals surface area contributed by atoms with Crippen LogP contribution in [0.1, 0.15) is 17.3 Å². The summed E-state index contributed by atoms with van der Waals surface area (Å²) >= 11 is 0. The van der Waals surface area contributed by atoms with E-state index in [1.165, 1.54) is 19.1 Å². The predicted octanol–water partition coefficient (Wildman–Crippen LogP) is 3.87. The molecule has 2 aromatic carbocycles. The molecule has 0 aliphatic heterocycles. The van der Waals surface area contributed by atoms with E-state index in [2.05, 4.69) is 0 Å². The number of hydrogen-bond donors (Lipinski definition) is 0. The Kier molecular flexibility index (Phi) is 3.93. The lowest BCUT2D eigenvalue weighted by atomic mass is 10.1. The molecule has 108 valence electrons. The topological polar surface area (TPSA) is 69.4 Å². The van der Waals surface area contributed by atoms with Crippen molar-refractivity contribution in [3.8, 4) is 11.5 Å². The Bertz CT molecular complexity index is 711. The number of nitro benzene ring substituents is 1. The van der Waals surface area contributed by atoms with Gasteiger partial charge >= 0.3 is 0 Å². The van der Waals surface area contributed by atoms with Gasteiger partial charge in [0.25, 0.3) is 5.69 Å². The van der Waals surface area contributed by atoms with Crippen molar-refractivity contribution in [2.75, 3.05) is 0 Å². The number of halogens is 2. The van der Waals surface area contributed by atoms with Gasteiger partial charge in [0.15, 0.2) is 5.78 Å². The standard InChI is InChI=1S/C14H9F2NO4/c1-8(18)13-3-2-11(7-14(13)17(19)20)21-12-5-9(15)4-10(16)6-12/h2-7H,1H3. The maximum atomic E-state index is 13.0. The highest BCUT2D eigenvalue weighted by Crippen LogP contribution is 2.29. The molecule has 5 nitrogen and oxygen atoms in total. The molecule has 0 bridgehead atoms. The van der Waals surface area contributed by atoms with E-state index >= 15 is 0 Å². The smallest absolute Gasteiger partial charge is 0.283 e. The molecule has 0 radical (unpaired) electrons. The van der Waals surface area contributed by atoms with Gasteiger partial charge in [0.2, 0.25) is 0 Å². The molecule has 0 fully saturated rings. The largest absolute Gasteiger partial charge is 0.457 e. The van der Waals surface area contributed by atoms with Crippen LogP contribution in [0.4, 0.5) is 14.5 Å². The summed E-state index contributed by atoms with van der Waals surface area (Å²) in [5.41, 5.74) is -0.505. The number of carbonyl (C=O) groups excluding carboxylic acids is 1. The molecule has 0 N–H and O–H groups in total. The Balaban J connectivity index is 2.39. The first-order valence-corrected chi connectivity index (χ1v) is 5.80. The lowest BCUT2D eigenvalue weighted by Crippen LogP contribution is -2.00. The fourth-order valence-corrected chi connectivity index (χ4v) is 1.75. The van der Waals surface area contributed by atoms with Crippen LogP contribution in [-0.4, -0.2) is 10.7 Å². The Hall–Kier alpha value is -2.83. The van der Waals surface area contributed by atoms with Crippen molar-refractivity contribution in [3.05, 3.63) is 63.7 Å². The van der Waals surface area contributed by atoms with E-state index < -0.39 is 28.0 Å². The summed E-state index contributed by atoms with van der Waals surface area (Å²) in [7, 11) is 0. The van der Waals surface area contributed by atoms with E-state index in [9.17, 15) is 23.7 Å². The second kappa shape index (κ2) is 5.66. The second-order valence-electron chi connectivity index (χ2n) is 4.20. The SMILES string of the molecule is CC(=O)c1ccc(Oc2cc(F)cc(F)c2)cc1[N+](=O)[O-]. The molecule has 0 amide bonds. The molecule has 21 heavy (non-hydrogen) atoms. The summed E-state index contributed by atoms with van der Waals surface area (Å²) in [5.74, 6) is -2.28. The third-order valence-electron chi connectivity index (χ3n) is 2.62. The van der Waals surface area contributed by atoms with Gasteiger partial charge < -0.3 is 4.74 Å². The van der Waals surface area contributed by atoms with Gasteiger partial charge in [-0.3, -0.25) is 14.9 Å². The minimum atomic E-state index is -0.833. The van der Waals surface area contributed by atoms with Gasteiger partial charge in [-0.05, 0) is 19.1 Å². The van der Waals surface area contributed by atoms with Gasteiger partial charge in [0.05, 0.1) is 16.6 Å². The molecule has 0 atom stereocenters. The summed E-state index contributed by atoms with van der Waals surface area (Å²) in [5, 5.41) is 10.9. The molecular weight excluding hydrogens is 284 g/mol. The first kappa shape index (κ1) is 14.6. The van der Waals surface area contributed by atoms with E-state index in [1.54, 1.807) is 0 Å². The van der Waals surface area contributed by atoms with Crippen LogP contribution in [0.15, 0.2) is 36.4 Å². The van der Waals surface area contributed by atoms with Crippen LogP contribution < -0.4 is 4.74 Å². The van der Waals surface area contributed by atoms with Gasteiger partial charge in [-0.15, -0.1) is 0 Å². The van der Waals surface area contributed by atoms with Gasteiger partial charge in [-0.1, -0.05) is 0 Å². The monoisotopic (exact) mass is 293 g/mol. The highest BCUT2D eigenvalue weighted by atomic mass is 19.1. The summed E-state index contributed by atoms with van der Waals surface area (Å²) in [6, 6.07) is 6.12. The van der Waals surface area contributed by atoms with Crippen molar-refractivity contribution >= 4 is 11.5 Å². The first-order chi connectivity index (χ1) is 9.86. The number of rotatable bonds is 4. The highest BCUT2D eigenvalue weighted by molar-refractivity contribution is 5.98. The minimum absolute atomic E-state index is 0.00306. The average Bonchev–Trinajstić information content (AvgIpc) is 2.36. The van der Waals surface area contributed by atoms with Gasteiger partial charge in [0.1, 0.15) is 23.1 Å². The van der Waals surface area contributed by atoms with Crippen LogP contribution in [0.3, 0.4) is 0 Å². The van der Waals surface area contributed by atoms with Crippen molar-refractivity contribution in [3.63, 3.8) is 0 Å². The average molecular weight is 293 g/mol. The zero-order chi connectivity index (χ0) is 15.6. The summed E-state index contributed by atoms with van der Waals surface area (Å²) in [6.07, 6.45) is 0. The number of ketones is 1. The van der Waals surface area contributed by atoms with Gasteiger partial charge in [-0.2, -0.15) is 0 Å². The molecule has 7 heteroatoms. The van der Waals surface area contributed by atoms with Crippen LogP contribution in [0.25, 0.3) is 0 Å². The van der Waals surface area contributed by atoms with Crippen molar-refractivity contribution < 1.29 is 23.2 Å². The third kappa shape index (κ3) is 3.38. The molecule has 0 unspecified atom stereocenters. The predicted molar refractivity (Wildman–Crippen MR) is 69.5 cm³/mol. The number of nitrogens with zero attached hydrogens (tertiary/aromatic N) is 1. The number of hydrogen-bond acceptors (Lipinski definition) is 4. The van der Waals surface area contributed by atoms with E-state index in [1.807, 2.05) is 0 Å². The van der Waals surface area contributed by atoms with Crippen molar-refractivity contribution in [2.45, 2.75) is 6.92 Å². The number of nitro groups is 1. The Labute approximate surface area is 117 Å². The lowest BCUT2D eigenvalue weighted by molar-refractivity contribution is -0.385. The molecule has 2 rings (SSSR count). The van der Waals surface area contributed by atoms with E-state index in [0.29, 0.717) is 6.07 Å². The van der Waals surface area contributed by atoms with Crippen molar-refractivity contribution in [1.29, 1.82) is 0 Å². The van der Waals surface area contributed by atoms with E-state index in [4.69, 9.17) is 4.74 Å². The molecule has 0 aliphatic carbocycles. The van der Waals surface area contributed by atoms with Gasteiger partial charge in [-0.25, -0.2) is 8.78 Å². The van der Waals surface area contributed by atoms with Crippen LogP contribution in [0.5, 0.6) is 11.5 Å². The molecular formula is C14H9F2NO4. The van der Waals surface area contributed by atoms with Crippen molar-refractivity contribution in [2.24, 2.45) is 0 Å². The molecule has 0 saturated heterocycles. The first-order valence-electron chi connectivity index (χ1n) is 5.80. The number of ether oxygens (including phenoxy) is 1. The van der Waals surface area contributed by atoms with Crippen LogP contribution >= 0.6 is 0 Å². The molecule has 0 saturated carbocycles. The Morgan fingerprint density at radius 2 is 1.71 bits per heavy atom. The van der Waals surface area contributed by atoms with Gasteiger partial charge in [0, 0.05) is 18.2 Å². The minimum Gasteiger partial charge on any atom is -0.457 e. The Morgan fingerprint density at radius 3 is 2.24 bits per heavy atom. The van der Waals surface area contributed by atoms with Crippen LogP contribution in [0, 0.1) is 21.7 Å². The normalized spacial score (nSPS) is 10.2.